The lowest BCUT2D eigenvalue weighted by atomic mass is 10.3. The van der Waals surface area contributed by atoms with Gasteiger partial charge in [0, 0.05) is 5.69 Å². The zero-order valence-electron chi connectivity index (χ0n) is 9.29. The molecule has 5 nitrogen and oxygen atoms in total. The van der Waals surface area contributed by atoms with E-state index in [2.05, 4.69) is 15.2 Å². The summed E-state index contributed by atoms with van der Waals surface area (Å²) in [6, 6.07) is 9.74. The Morgan fingerprint density at radius 1 is 1.28 bits per heavy atom. The first kappa shape index (κ1) is 9.67. The molecule has 0 unspecified atom stereocenters. The number of hydrogen-bond acceptors (Lipinski definition) is 4. The predicted octanol–water partition coefficient (Wildman–Crippen LogP) is 2.52. The summed E-state index contributed by atoms with van der Waals surface area (Å²) < 4.78 is 2.00. The summed E-state index contributed by atoms with van der Waals surface area (Å²) >= 11 is 1.65. The highest BCUT2D eigenvalue weighted by atomic mass is 32.1. The fourth-order valence-electron chi connectivity index (χ4n) is 2.11. The van der Waals surface area contributed by atoms with Crippen molar-refractivity contribution < 1.29 is 0 Å². The molecule has 4 rings (SSSR count). The third kappa shape index (κ3) is 1.20. The number of thiophene rings is 1. The number of aromatic nitrogens is 4. The van der Waals surface area contributed by atoms with Crippen molar-refractivity contribution in [3.05, 3.63) is 35.7 Å². The number of rotatable bonds is 1. The number of hydrogen-bond donors (Lipinski definition) is 2. The third-order valence-electron chi connectivity index (χ3n) is 2.89. The molecular formula is C12H9N5S. The number of fused-ring (bicyclic) bond motifs is 3. The summed E-state index contributed by atoms with van der Waals surface area (Å²) in [4.78, 5) is 5.58. The summed E-state index contributed by atoms with van der Waals surface area (Å²) in [7, 11) is 0. The molecule has 0 saturated heterocycles. The molecule has 0 aliphatic heterocycles. The Labute approximate surface area is 106 Å². The number of H-pyrrole nitrogens is 1. The molecular weight excluding hydrogens is 246 g/mol. The van der Waals surface area contributed by atoms with E-state index in [0.29, 0.717) is 0 Å². The maximum absolute atomic E-state index is 5.84. The van der Waals surface area contributed by atoms with Crippen molar-refractivity contribution in [1.29, 1.82) is 0 Å². The fourth-order valence-corrected chi connectivity index (χ4v) is 2.81. The van der Waals surface area contributed by atoms with Crippen LogP contribution >= 0.6 is 11.3 Å². The molecule has 3 heterocycles. The van der Waals surface area contributed by atoms with Crippen LogP contribution < -0.4 is 5.73 Å². The molecule has 0 atom stereocenters. The van der Waals surface area contributed by atoms with Crippen LogP contribution in [0, 0.1) is 0 Å². The van der Waals surface area contributed by atoms with Crippen LogP contribution in [-0.4, -0.2) is 19.6 Å². The van der Waals surface area contributed by atoms with Crippen LogP contribution in [0.5, 0.6) is 0 Å². The number of nitrogens with two attached hydrogens (primary N) is 1. The lowest BCUT2D eigenvalue weighted by Crippen LogP contribution is -1.88. The molecule has 18 heavy (non-hydrogen) atoms. The van der Waals surface area contributed by atoms with E-state index in [0.717, 1.165) is 33.2 Å². The van der Waals surface area contributed by atoms with Crippen LogP contribution in [-0.2, 0) is 0 Å². The van der Waals surface area contributed by atoms with Gasteiger partial charge in [0.25, 0.3) is 0 Å². The normalized spacial score (nSPS) is 11.6. The largest absolute Gasteiger partial charge is 0.399 e. The van der Waals surface area contributed by atoms with Gasteiger partial charge in [0.1, 0.15) is 0 Å². The first-order valence-corrected chi connectivity index (χ1v) is 6.37. The molecule has 1 aromatic carbocycles. The maximum Gasteiger partial charge on any atom is 0.230 e. The van der Waals surface area contributed by atoms with Crippen molar-refractivity contribution in [2.75, 3.05) is 5.73 Å². The second-order valence-electron chi connectivity index (χ2n) is 4.04. The van der Waals surface area contributed by atoms with E-state index < -0.39 is 0 Å². The molecule has 3 aromatic heterocycles. The minimum Gasteiger partial charge on any atom is -0.399 e. The summed E-state index contributed by atoms with van der Waals surface area (Å²) in [5.41, 5.74) is 8.45. The van der Waals surface area contributed by atoms with Gasteiger partial charge in [-0.15, -0.1) is 11.3 Å². The van der Waals surface area contributed by atoms with E-state index in [1.165, 1.54) is 0 Å². The molecule has 0 amide bonds. The van der Waals surface area contributed by atoms with Gasteiger partial charge in [-0.1, -0.05) is 6.07 Å². The first-order chi connectivity index (χ1) is 8.83. The van der Waals surface area contributed by atoms with Gasteiger partial charge in [0.05, 0.1) is 15.9 Å². The lowest BCUT2D eigenvalue weighted by molar-refractivity contribution is 1.11. The van der Waals surface area contributed by atoms with Gasteiger partial charge in [0.2, 0.25) is 5.78 Å². The van der Waals surface area contributed by atoms with Gasteiger partial charge in [-0.2, -0.15) is 5.10 Å². The highest BCUT2D eigenvalue weighted by Gasteiger charge is 2.13. The maximum atomic E-state index is 5.84. The van der Waals surface area contributed by atoms with Gasteiger partial charge in [-0.3, -0.25) is 4.40 Å². The SMILES string of the molecule is Nc1ccc2nc3[nH]nc(-c4cccs4)n3c2c1. The fraction of sp³-hybridized carbons (Fsp3) is 0. The van der Waals surface area contributed by atoms with E-state index in [1.807, 2.05) is 40.1 Å². The minimum absolute atomic E-state index is 0.725. The smallest absolute Gasteiger partial charge is 0.230 e. The monoisotopic (exact) mass is 255 g/mol. The predicted molar refractivity (Wildman–Crippen MR) is 72.6 cm³/mol. The van der Waals surface area contributed by atoms with E-state index in [4.69, 9.17) is 5.73 Å². The molecule has 0 spiro atoms. The molecule has 0 bridgehead atoms. The Bertz CT molecular complexity index is 840. The zero-order chi connectivity index (χ0) is 12.1. The van der Waals surface area contributed by atoms with E-state index >= 15 is 0 Å². The van der Waals surface area contributed by atoms with E-state index in [9.17, 15) is 0 Å². The van der Waals surface area contributed by atoms with Gasteiger partial charge < -0.3 is 5.73 Å². The average Bonchev–Trinajstić information content (AvgIpc) is 3.02. The highest BCUT2D eigenvalue weighted by molar-refractivity contribution is 7.13. The summed E-state index contributed by atoms with van der Waals surface area (Å²) in [6.45, 7) is 0. The Hall–Kier alpha value is -2.34. The zero-order valence-corrected chi connectivity index (χ0v) is 10.1. The van der Waals surface area contributed by atoms with Crippen molar-refractivity contribution >= 4 is 33.8 Å². The van der Waals surface area contributed by atoms with Crippen molar-refractivity contribution in [2.24, 2.45) is 0 Å². The Morgan fingerprint density at radius 2 is 2.22 bits per heavy atom. The van der Waals surface area contributed by atoms with Crippen LogP contribution in [0.3, 0.4) is 0 Å². The van der Waals surface area contributed by atoms with Gasteiger partial charge in [-0.05, 0) is 29.6 Å². The van der Waals surface area contributed by atoms with Crippen molar-refractivity contribution in [1.82, 2.24) is 19.6 Å². The van der Waals surface area contributed by atoms with Gasteiger partial charge in [-0.25, -0.2) is 10.1 Å². The molecule has 0 fully saturated rings. The highest BCUT2D eigenvalue weighted by Crippen LogP contribution is 2.27. The second-order valence-corrected chi connectivity index (χ2v) is 4.99. The Kier molecular flexibility index (Phi) is 1.79. The molecule has 6 heteroatoms. The van der Waals surface area contributed by atoms with Gasteiger partial charge in [0.15, 0.2) is 5.82 Å². The minimum atomic E-state index is 0.725. The molecule has 0 radical (unpaired) electrons. The summed E-state index contributed by atoms with van der Waals surface area (Å²) in [5.74, 6) is 1.60. The molecule has 0 aliphatic carbocycles. The van der Waals surface area contributed by atoms with Crippen LogP contribution in [0.1, 0.15) is 0 Å². The number of imidazole rings is 1. The topological polar surface area (TPSA) is 72.0 Å². The van der Waals surface area contributed by atoms with Crippen LogP contribution in [0.25, 0.3) is 27.5 Å². The Morgan fingerprint density at radius 3 is 3.06 bits per heavy atom. The standard InChI is InChI=1S/C12H9N5S/c13-7-3-4-8-9(6-7)17-11(10-2-1-5-18-10)15-16-12(17)14-8/h1-6H,13H2,(H,14,16). The van der Waals surface area contributed by atoms with E-state index in [-0.39, 0.29) is 0 Å². The van der Waals surface area contributed by atoms with Crippen molar-refractivity contribution in [3.8, 4) is 10.7 Å². The first-order valence-electron chi connectivity index (χ1n) is 5.49. The average molecular weight is 255 g/mol. The molecule has 3 N–H and O–H groups in total. The summed E-state index contributed by atoms with van der Waals surface area (Å²) in [5, 5.41) is 9.31. The van der Waals surface area contributed by atoms with Crippen LogP contribution in [0.2, 0.25) is 0 Å². The molecule has 0 aliphatic rings. The quantitative estimate of drug-likeness (QED) is 0.513. The number of aromatic amines is 1. The Balaban J connectivity index is 2.16. The molecule has 88 valence electrons. The van der Waals surface area contributed by atoms with Crippen molar-refractivity contribution in [2.45, 2.75) is 0 Å². The number of nitrogen functional groups attached to an aromatic ring is 1. The van der Waals surface area contributed by atoms with Crippen molar-refractivity contribution in [3.63, 3.8) is 0 Å². The van der Waals surface area contributed by atoms with E-state index in [1.54, 1.807) is 11.3 Å². The molecule has 0 saturated carbocycles. The number of nitrogens with zero attached hydrogens (tertiary/aromatic N) is 3. The van der Waals surface area contributed by atoms with Crippen LogP contribution in [0.15, 0.2) is 35.7 Å². The second kappa shape index (κ2) is 3.33. The lowest BCUT2D eigenvalue weighted by Gasteiger charge is -1.96. The number of anilines is 1. The van der Waals surface area contributed by atoms with Gasteiger partial charge >= 0.3 is 0 Å². The number of benzene rings is 1. The third-order valence-corrected chi connectivity index (χ3v) is 3.76. The summed E-state index contributed by atoms with van der Waals surface area (Å²) in [6.07, 6.45) is 0. The van der Waals surface area contributed by atoms with Crippen LogP contribution in [0.4, 0.5) is 5.69 Å². The number of nitrogens with one attached hydrogen (secondary N) is 1. The molecule has 4 aromatic rings.